The molecule has 2 heterocycles. The molecule has 0 saturated carbocycles. The maximum absolute atomic E-state index is 5.25. The maximum Gasteiger partial charge on any atom is 0.0858 e. The van der Waals surface area contributed by atoms with Gasteiger partial charge in [-0.15, -0.1) is 11.3 Å². The van der Waals surface area contributed by atoms with Crippen molar-refractivity contribution in [2.45, 2.75) is 38.2 Å². The second-order valence-electron chi connectivity index (χ2n) is 4.03. The van der Waals surface area contributed by atoms with Crippen LogP contribution in [0.4, 0.5) is 0 Å². The standard InChI is InChI=1S/C11H14OS/c1-2-4-11-8(3-1)5-10(13-11)6-9-7-12-9/h5,9H,1-4,6-7H2. The summed E-state index contributed by atoms with van der Waals surface area (Å²) in [6.07, 6.45) is 7.15. The smallest absolute Gasteiger partial charge is 0.0858 e. The summed E-state index contributed by atoms with van der Waals surface area (Å²) in [5, 5.41) is 0. The third kappa shape index (κ3) is 1.65. The zero-order valence-electron chi connectivity index (χ0n) is 7.71. The van der Waals surface area contributed by atoms with Gasteiger partial charge in [-0.05, 0) is 37.3 Å². The first kappa shape index (κ1) is 8.01. The Kier molecular flexibility index (Phi) is 1.91. The summed E-state index contributed by atoms with van der Waals surface area (Å²) in [5.74, 6) is 0. The molecule has 2 aliphatic rings. The number of hydrogen-bond acceptors (Lipinski definition) is 2. The van der Waals surface area contributed by atoms with Gasteiger partial charge >= 0.3 is 0 Å². The van der Waals surface area contributed by atoms with Gasteiger partial charge in [0.1, 0.15) is 0 Å². The first-order valence-electron chi connectivity index (χ1n) is 5.14. The van der Waals surface area contributed by atoms with Crippen molar-refractivity contribution < 1.29 is 4.74 Å². The number of epoxide rings is 1. The van der Waals surface area contributed by atoms with Crippen molar-refractivity contribution in [3.05, 3.63) is 21.4 Å². The van der Waals surface area contributed by atoms with Crippen molar-refractivity contribution in [1.82, 2.24) is 0 Å². The van der Waals surface area contributed by atoms with E-state index in [-0.39, 0.29) is 0 Å². The van der Waals surface area contributed by atoms with E-state index in [2.05, 4.69) is 6.07 Å². The highest BCUT2D eigenvalue weighted by Crippen LogP contribution is 2.31. The van der Waals surface area contributed by atoms with Crippen molar-refractivity contribution in [3.8, 4) is 0 Å². The third-order valence-corrected chi connectivity index (χ3v) is 4.14. The van der Waals surface area contributed by atoms with Gasteiger partial charge in [-0.2, -0.15) is 0 Å². The molecular weight excluding hydrogens is 180 g/mol. The lowest BCUT2D eigenvalue weighted by Crippen LogP contribution is -1.96. The number of rotatable bonds is 2. The van der Waals surface area contributed by atoms with Crippen LogP contribution in [0.1, 0.15) is 28.2 Å². The van der Waals surface area contributed by atoms with Crippen LogP contribution in [0.3, 0.4) is 0 Å². The van der Waals surface area contributed by atoms with Crippen LogP contribution in [0.25, 0.3) is 0 Å². The van der Waals surface area contributed by atoms with Gasteiger partial charge in [0.15, 0.2) is 0 Å². The van der Waals surface area contributed by atoms with Crippen LogP contribution in [-0.4, -0.2) is 12.7 Å². The van der Waals surface area contributed by atoms with Crippen LogP contribution >= 0.6 is 11.3 Å². The first-order valence-corrected chi connectivity index (χ1v) is 5.95. The predicted octanol–water partition coefficient (Wildman–Crippen LogP) is 2.57. The molecule has 1 saturated heterocycles. The second-order valence-corrected chi connectivity index (χ2v) is 5.25. The molecule has 3 rings (SSSR count). The van der Waals surface area contributed by atoms with E-state index in [9.17, 15) is 0 Å². The van der Waals surface area contributed by atoms with Crippen LogP contribution in [0.2, 0.25) is 0 Å². The summed E-state index contributed by atoms with van der Waals surface area (Å²) in [6, 6.07) is 2.42. The molecule has 1 aliphatic heterocycles. The average molecular weight is 194 g/mol. The fourth-order valence-electron chi connectivity index (χ4n) is 2.06. The topological polar surface area (TPSA) is 12.5 Å². The lowest BCUT2D eigenvalue weighted by molar-refractivity contribution is 0.408. The average Bonchev–Trinajstić information content (AvgIpc) is 2.85. The van der Waals surface area contributed by atoms with Gasteiger partial charge < -0.3 is 4.74 Å². The lowest BCUT2D eigenvalue weighted by atomic mass is 9.99. The monoisotopic (exact) mass is 194 g/mol. The Balaban J connectivity index is 1.81. The highest BCUT2D eigenvalue weighted by Gasteiger charge is 2.24. The maximum atomic E-state index is 5.25. The zero-order valence-corrected chi connectivity index (χ0v) is 8.53. The van der Waals surface area contributed by atoms with Gasteiger partial charge in [0.2, 0.25) is 0 Å². The molecule has 13 heavy (non-hydrogen) atoms. The van der Waals surface area contributed by atoms with Gasteiger partial charge in [0.25, 0.3) is 0 Å². The molecule has 1 fully saturated rings. The SMILES string of the molecule is c1c(CC2CO2)sc2c1CCCC2. The summed E-state index contributed by atoms with van der Waals surface area (Å²) in [6.45, 7) is 0.989. The summed E-state index contributed by atoms with van der Waals surface area (Å²) < 4.78 is 5.25. The van der Waals surface area contributed by atoms with E-state index < -0.39 is 0 Å². The van der Waals surface area contributed by atoms with Crippen LogP contribution in [-0.2, 0) is 24.0 Å². The lowest BCUT2D eigenvalue weighted by Gasteiger charge is -2.08. The predicted molar refractivity (Wildman–Crippen MR) is 54.4 cm³/mol. The van der Waals surface area contributed by atoms with E-state index in [1.807, 2.05) is 11.3 Å². The van der Waals surface area contributed by atoms with Gasteiger partial charge in [-0.25, -0.2) is 0 Å². The first-order chi connectivity index (χ1) is 6.42. The van der Waals surface area contributed by atoms with Crippen molar-refractivity contribution >= 4 is 11.3 Å². The molecule has 1 aromatic heterocycles. The van der Waals surface area contributed by atoms with E-state index in [0.717, 1.165) is 13.0 Å². The minimum atomic E-state index is 0.556. The molecule has 0 bridgehead atoms. The molecule has 0 radical (unpaired) electrons. The van der Waals surface area contributed by atoms with Crippen molar-refractivity contribution in [2.75, 3.05) is 6.61 Å². The van der Waals surface area contributed by atoms with Crippen LogP contribution in [0, 0.1) is 0 Å². The van der Waals surface area contributed by atoms with E-state index in [0.29, 0.717) is 6.10 Å². The Bertz CT molecular complexity index is 288. The normalized spacial score (nSPS) is 25.7. The molecule has 0 N–H and O–H groups in total. The number of fused-ring (bicyclic) bond motifs is 1. The molecule has 1 aromatic rings. The minimum absolute atomic E-state index is 0.556. The third-order valence-electron chi connectivity index (χ3n) is 2.88. The number of aryl methyl sites for hydroxylation is 2. The van der Waals surface area contributed by atoms with E-state index in [1.165, 1.54) is 25.7 Å². The van der Waals surface area contributed by atoms with Crippen LogP contribution in [0.15, 0.2) is 6.07 Å². The van der Waals surface area contributed by atoms with Gasteiger partial charge in [0, 0.05) is 16.2 Å². The molecule has 0 spiro atoms. The molecule has 0 aromatic carbocycles. The number of ether oxygens (including phenoxy) is 1. The summed E-state index contributed by atoms with van der Waals surface area (Å²) >= 11 is 2.02. The fourth-order valence-corrected chi connectivity index (χ4v) is 3.39. The molecule has 2 heteroatoms. The molecule has 1 atom stereocenters. The molecular formula is C11H14OS. The Labute approximate surface area is 82.7 Å². The quantitative estimate of drug-likeness (QED) is 0.659. The van der Waals surface area contributed by atoms with Gasteiger partial charge in [0.05, 0.1) is 12.7 Å². The van der Waals surface area contributed by atoms with Gasteiger partial charge in [-0.3, -0.25) is 0 Å². The fraction of sp³-hybridized carbons (Fsp3) is 0.636. The van der Waals surface area contributed by atoms with Crippen molar-refractivity contribution in [2.24, 2.45) is 0 Å². The van der Waals surface area contributed by atoms with Gasteiger partial charge in [-0.1, -0.05) is 0 Å². The van der Waals surface area contributed by atoms with E-state index in [1.54, 1.807) is 15.3 Å². The molecule has 1 aliphatic carbocycles. The highest BCUT2D eigenvalue weighted by atomic mass is 32.1. The Morgan fingerprint density at radius 2 is 2.23 bits per heavy atom. The summed E-state index contributed by atoms with van der Waals surface area (Å²) in [7, 11) is 0. The second kappa shape index (κ2) is 3.10. The van der Waals surface area contributed by atoms with Crippen molar-refractivity contribution in [3.63, 3.8) is 0 Å². The van der Waals surface area contributed by atoms with E-state index >= 15 is 0 Å². The van der Waals surface area contributed by atoms with Crippen LogP contribution in [0.5, 0.6) is 0 Å². The highest BCUT2D eigenvalue weighted by molar-refractivity contribution is 7.12. The van der Waals surface area contributed by atoms with Crippen molar-refractivity contribution in [1.29, 1.82) is 0 Å². The number of thiophene rings is 1. The molecule has 1 nitrogen and oxygen atoms in total. The Hall–Kier alpha value is -0.340. The van der Waals surface area contributed by atoms with E-state index in [4.69, 9.17) is 4.74 Å². The summed E-state index contributed by atoms with van der Waals surface area (Å²) in [5.41, 5.74) is 1.63. The molecule has 1 unspecified atom stereocenters. The minimum Gasteiger partial charge on any atom is -0.373 e. The zero-order chi connectivity index (χ0) is 8.67. The summed E-state index contributed by atoms with van der Waals surface area (Å²) in [4.78, 5) is 3.20. The molecule has 70 valence electrons. The molecule has 0 amide bonds. The largest absolute Gasteiger partial charge is 0.373 e. The Morgan fingerprint density at radius 3 is 3.00 bits per heavy atom. The Morgan fingerprint density at radius 1 is 1.38 bits per heavy atom. The number of hydrogen-bond donors (Lipinski definition) is 0. The van der Waals surface area contributed by atoms with Crippen LogP contribution < -0.4 is 0 Å².